The maximum atomic E-state index is 12.7. The summed E-state index contributed by atoms with van der Waals surface area (Å²) in [6.45, 7) is 3.96. The van der Waals surface area contributed by atoms with Gasteiger partial charge in [-0.3, -0.25) is 4.79 Å². The zero-order valence-electron chi connectivity index (χ0n) is 16.3. The number of thiophene rings is 1. The van der Waals surface area contributed by atoms with Gasteiger partial charge in [-0.25, -0.2) is 9.78 Å². The lowest BCUT2D eigenvalue weighted by Gasteiger charge is -2.09. The van der Waals surface area contributed by atoms with Gasteiger partial charge in [-0.2, -0.15) is 0 Å². The van der Waals surface area contributed by atoms with Crippen LogP contribution in [-0.4, -0.2) is 9.97 Å². The number of thioether (sulfide) groups is 1. The number of hydrogen-bond donors (Lipinski definition) is 1. The average Bonchev–Trinajstić information content (AvgIpc) is 3.08. The predicted octanol–water partition coefficient (Wildman–Crippen LogP) is 4.88. The number of nitrogens with one attached hydrogen (secondary N) is 1. The average molecular weight is 425 g/mol. The summed E-state index contributed by atoms with van der Waals surface area (Å²) < 4.78 is 5.45. The molecule has 0 unspecified atom stereocenters. The topological polar surface area (TPSA) is 76.0 Å². The van der Waals surface area contributed by atoms with Gasteiger partial charge in [0.15, 0.2) is 5.16 Å². The first-order chi connectivity index (χ1) is 14.0. The number of fused-ring (bicyclic) bond motifs is 4. The van der Waals surface area contributed by atoms with E-state index in [2.05, 4.69) is 4.98 Å². The van der Waals surface area contributed by atoms with Gasteiger partial charge in [0.25, 0.3) is 5.56 Å². The van der Waals surface area contributed by atoms with Gasteiger partial charge in [-0.05, 0) is 61.8 Å². The SMILES string of the molecule is Cc1ccc2c(CSc3nc4sc5c(c4c(=O)[nH]3)CCCC5)cc(=O)oc2c1C. The zero-order valence-corrected chi connectivity index (χ0v) is 17.9. The molecule has 1 N–H and O–H groups in total. The molecule has 0 spiro atoms. The molecular weight excluding hydrogens is 404 g/mol. The number of aromatic amines is 1. The Morgan fingerprint density at radius 1 is 1.21 bits per heavy atom. The van der Waals surface area contributed by atoms with E-state index in [0.717, 1.165) is 51.6 Å². The van der Waals surface area contributed by atoms with Crippen molar-refractivity contribution in [2.24, 2.45) is 0 Å². The molecule has 3 heterocycles. The number of benzene rings is 1. The standard InChI is InChI=1S/C22H20N2O3S2/c1-11-7-8-14-13(9-17(25)27-19(14)12(11)2)10-28-22-23-20(26)18-15-5-3-4-6-16(15)29-21(18)24-22/h7-9H,3-6,10H2,1-2H3,(H,23,24,26). The quantitative estimate of drug-likeness (QED) is 0.288. The van der Waals surface area contributed by atoms with Crippen molar-refractivity contribution in [1.82, 2.24) is 9.97 Å². The van der Waals surface area contributed by atoms with Crippen LogP contribution in [0.1, 0.15) is 40.0 Å². The van der Waals surface area contributed by atoms with Gasteiger partial charge in [-0.15, -0.1) is 11.3 Å². The number of aryl methyl sites for hydroxylation is 4. The van der Waals surface area contributed by atoms with E-state index in [4.69, 9.17) is 9.40 Å². The monoisotopic (exact) mass is 424 g/mol. The Hall–Kier alpha value is -2.38. The molecule has 5 rings (SSSR count). The molecule has 0 amide bonds. The normalized spacial score (nSPS) is 13.9. The summed E-state index contributed by atoms with van der Waals surface area (Å²) in [6, 6.07) is 5.56. The second kappa shape index (κ2) is 7.15. The van der Waals surface area contributed by atoms with E-state index in [1.54, 1.807) is 11.3 Å². The summed E-state index contributed by atoms with van der Waals surface area (Å²) in [5.74, 6) is 0.532. The molecule has 148 valence electrons. The van der Waals surface area contributed by atoms with E-state index in [0.29, 0.717) is 16.5 Å². The molecule has 4 aromatic rings. The molecule has 0 saturated heterocycles. The Balaban J connectivity index is 1.52. The lowest BCUT2D eigenvalue weighted by Crippen LogP contribution is -2.11. The van der Waals surface area contributed by atoms with E-state index in [-0.39, 0.29) is 11.2 Å². The van der Waals surface area contributed by atoms with Crippen LogP contribution in [0.5, 0.6) is 0 Å². The van der Waals surface area contributed by atoms with Crippen molar-refractivity contribution in [3.8, 4) is 0 Å². The summed E-state index contributed by atoms with van der Waals surface area (Å²) in [5.41, 5.74) is 4.37. The summed E-state index contributed by atoms with van der Waals surface area (Å²) >= 11 is 3.09. The summed E-state index contributed by atoms with van der Waals surface area (Å²) in [6.07, 6.45) is 4.33. The van der Waals surface area contributed by atoms with Gasteiger partial charge in [0, 0.05) is 22.1 Å². The third kappa shape index (κ3) is 3.22. The van der Waals surface area contributed by atoms with Crippen LogP contribution in [0.25, 0.3) is 21.2 Å². The second-order valence-electron chi connectivity index (χ2n) is 7.53. The van der Waals surface area contributed by atoms with Crippen molar-refractivity contribution in [2.45, 2.75) is 50.4 Å². The minimum Gasteiger partial charge on any atom is -0.422 e. The van der Waals surface area contributed by atoms with E-state index < -0.39 is 0 Å². The van der Waals surface area contributed by atoms with Crippen molar-refractivity contribution < 1.29 is 4.42 Å². The van der Waals surface area contributed by atoms with Crippen LogP contribution in [-0.2, 0) is 18.6 Å². The van der Waals surface area contributed by atoms with Crippen LogP contribution >= 0.6 is 23.1 Å². The molecule has 1 aromatic carbocycles. The molecule has 1 aliphatic rings. The lowest BCUT2D eigenvalue weighted by molar-refractivity contribution is 0.557. The molecule has 0 fully saturated rings. The number of rotatable bonds is 3. The lowest BCUT2D eigenvalue weighted by atomic mass is 9.97. The second-order valence-corrected chi connectivity index (χ2v) is 9.57. The fourth-order valence-corrected chi connectivity index (χ4v) is 6.17. The minimum absolute atomic E-state index is 0.0548. The van der Waals surface area contributed by atoms with Gasteiger partial charge < -0.3 is 9.40 Å². The molecule has 5 nitrogen and oxygen atoms in total. The fourth-order valence-electron chi connectivity index (χ4n) is 4.00. The van der Waals surface area contributed by atoms with Crippen LogP contribution in [0.2, 0.25) is 0 Å². The number of nitrogens with zero attached hydrogens (tertiary/aromatic N) is 1. The van der Waals surface area contributed by atoms with Gasteiger partial charge >= 0.3 is 5.63 Å². The van der Waals surface area contributed by atoms with E-state index in [1.165, 1.54) is 34.7 Å². The van der Waals surface area contributed by atoms with Crippen LogP contribution in [0.15, 0.2) is 37.4 Å². The maximum absolute atomic E-state index is 12.7. The van der Waals surface area contributed by atoms with Crippen LogP contribution < -0.4 is 11.2 Å². The summed E-state index contributed by atoms with van der Waals surface area (Å²) in [4.78, 5) is 34.6. The van der Waals surface area contributed by atoms with E-state index >= 15 is 0 Å². The molecular formula is C22H20N2O3S2. The third-order valence-electron chi connectivity index (χ3n) is 5.69. The largest absolute Gasteiger partial charge is 0.422 e. The highest BCUT2D eigenvalue weighted by molar-refractivity contribution is 7.98. The first kappa shape index (κ1) is 18.6. The minimum atomic E-state index is -0.357. The number of H-pyrrole nitrogens is 1. The highest BCUT2D eigenvalue weighted by Gasteiger charge is 2.20. The summed E-state index contributed by atoms with van der Waals surface area (Å²) in [5, 5.41) is 2.28. The van der Waals surface area contributed by atoms with Gasteiger partial charge in [-0.1, -0.05) is 23.9 Å². The predicted molar refractivity (Wildman–Crippen MR) is 118 cm³/mol. The first-order valence-electron chi connectivity index (χ1n) is 9.71. The Kier molecular flexibility index (Phi) is 4.59. The first-order valence-corrected chi connectivity index (χ1v) is 11.5. The van der Waals surface area contributed by atoms with Crippen molar-refractivity contribution in [1.29, 1.82) is 0 Å². The van der Waals surface area contributed by atoms with Crippen LogP contribution in [0.4, 0.5) is 0 Å². The number of aromatic nitrogens is 2. The molecule has 29 heavy (non-hydrogen) atoms. The van der Waals surface area contributed by atoms with Crippen molar-refractivity contribution in [2.75, 3.05) is 0 Å². The van der Waals surface area contributed by atoms with Crippen molar-refractivity contribution in [3.05, 3.63) is 66.1 Å². The van der Waals surface area contributed by atoms with Gasteiger partial charge in [0.1, 0.15) is 10.4 Å². The fraction of sp³-hybridized carbons (Fsp3) is 0.318. The Bertz CT molecular complexity index is 1380. The van der Waals surface area contributed by atoms with E-state index in [1.807, 2.05) is 26.0 Å². The third-order valence-corrected chi connectivity index (χ3v) is 7.79. The zero-order chi connectivity index (χ0) is 20.1. The number of hydrogen-bond acceptors (Lipinski definition) is 6. The Morgan fingerprint density at radius 2 is 2.03 bits per heavy atom. The molecule has 0 saturated carbocycles. The van der Waals surface area contributed by atoms with Crippen LogP contribution in [0, 0.1) is 13.8 Å². The Labute approximate surface area is 175 Å². The summed E-state index contributed by atoms with van der Waals surface area (Å²) in [7, 11) is 0. The highest BCUT2D eigenvalue weighted by atomic mass is 32.2. The smallest absolute Gasteiger partial charge is 0.336 e. The Morgan fingerprint density at radius 3 is 2.90 bits per heavy atom. The van der Waals surface area contributed by atoms with Gasteiger partial charge in [0.05, 0.1) is 5.39 Å². The highest BCUT2D eigenvalue weighted by Crippen LogP contribution is 2.34. The maximum Gasteiger partial charge on any atom is 0.336 e. The van der Waals surface area contributed by atoms with Crippen molar-refractivity contribution >= 4 is 44.3 Å². The molecule has 3 aromatic heterocycles. The molecule has 0 radical (unpaired) electrons. The van der Waals surface area contributed by atoms with Crippen LogP contribution in [0.3, 0.4) is 0 Å². The van der Waals surface area contributed by atoms with Gasteiger partial charge in [0.2, 0.25) is 0 Å². The molecule has 7 heteroatoms. The molecule has 1 aliphatic carbocycles. The molecule has 0 atom stereocenters. The van der Waals surface area contributed by atoms with Crippen molar-refractivity contribution in [3.63, 3.8) is 0 Å². The molecule has 0 bridgehead atoms. The van der Waals surface area contributed by atoms with E-state index in [9.17, 15) is 9.59 Å². The molecule has 0 aliphatic heterocycles.